The summed E-state index contributed by atoms with van der Waals surface area (Å²) in [5, 5.41) is 20.9. The van der Waals surface area contributed by atoms with Gasteiger partial charge in [0.15, 0.2) is 0 Å². The van der Waals surface area contributed by atoms with Crippen LogP contribution in [0.15, 0.2) is 18.2 Å². The summed E-state index contributed by atoms with van der Waals surface area (Å²) in [6, 6.07) is 5.06. The molecule has 1 N–H and O–H groups in total. The third-order valence-electron chi connectivity index (χ3n) is 4.33. The van der Waals surface area contributed by atoms with Crippen molar-refractivity contribution in [2.24, 2.45) is 5.92 Å². The lowest BCUT2D eigenvalue weighted by molar-refractivity contribution is -0.384. The minimum absolute atomic E-state index is 0.0994. The molecule has 0 aromatic heterocycles. The van der Waals surface area contributed by atoms with E-state index in [1.165, 1.54) is 18.9 Å². The van der Waals surface area contributed by atoms with Crippen LogP contribution in [-0.2, 0) is 0 Å². The molecule has 2 rings (SSSR count). The first-order valence-corrected chi connectivity index (χ1v) is 7.74. The lowest BCUT2D eigenvalue weighted by Gasteiger charge is -2.33. The van der Waals surface area contributed by atoms with Crippen molar-refractivity contribution >= 4 is 11.4 Å². The van der Waals surface area contributed by atoms with E-state index in [4.69, 9.17) is 0 Å². The van der Waals surface area contributed by atoms with E-state index < -0.39 is 6.10 Å². The summed E-state index contributed by atoms with van der Waals surface area (Å²) in [5.74, 6) is 0.752. The van der Waals surface area contributed by atoms with Gasteiger partial charge in [0.25, 0.3) is 5.69 Å². The van der Waals surface area contributed by atoms with Crippen LogP contribution in [0.1, 0.15) is 51.2 Å². The average molecular weight is 292 g/mol. The highest BCUT2D eigenvalue weighted by molar-refractivity contribution is 5.64. The molecule has 0 radical (unpaired) electrons. The summed E-state index contributed by atoms with van der Waals surface area (Å²) in [7, 11) is 0. The van der Waals surface area contributed by atoms with E-state index >= 15 is 0 Å². The molecule has 0 spiro atoms. The molecule has 0 amide bonds. The minimum Gasteiger partial charge on any atom is -0.389 e. The molecule has 1 heterocycles. The van der Waals surface area contributed by atoms with Crippen molar-refractivity contribution in [1.82, 2.24) is 0 Å². The molecular weight excluding hydrogens is 268 g/mol. The zero-order chi connectivity index (χ0) is 15.4. The Morgan fingerprint density at radius 3 is 2.62 bits per heavy atom. The minimum atomic E-state index is -0.687. The molecule has 0 aliphatic carbocycles. The van der Waals surface area contributed by atoms with Crippen molar-refractivity contribution in [3.8, 4) is 0 Å². The van der Waals surface area contributed by atoms with Gasteiger partial charge in [-0.1, -0.05) is 25.8 Å². The van der Waals surface area contributed by atoms with Gasteiger partial charge in [-0.3, -0.25) is 10.1 Å². The van der Waals surface area contributed by atoms with Crippen molar-refractivity contribution in [1.29, 1.82) is 0 Å². The van der Waals surface area contributed by atoms with E-state index in [-0.39, 0.29) is 10.6 Å². The summed E-state index contributed by atoms with van der Waals surface area (Å²) >= 11 is 0. The van der Waals surface area contributed by atoms with Crippen molar-refractivity contribution < 1.29 is 10.0 Å². The Balaban J connectivity index is 2.18. The molecule has 1 saturated heterocycles. The molecule has 0 saturated carbocycles. The fourth-order valence-corrected chi connectivity index (χ4v) is 3.08. The fraction of sp³-hybridized carbons (Fsp3) is 0.625. The molecule has 5 heteroatoms. The largest absolute Gasteiger partial charge is 0.389 e. The first-order valence-electron chi connectivity index (χ1n) is 7.74. The number of nitro benzene ring substituents is 1. The summed E-state index contributed by atoms with van der Waals surface area (Å²) in [6.07, 6.45) is 3.96. The van der Waals surface area contributed by atoms with Gasteiger partial charge in [0.05, 0.1) is 11.0 Å². The number of aliphatic hydroxyl groups is 1. The maximum Gasteiger partial charge on any atom is 0.292 e. The van der Waals surface area contributed by atoms with Gasteiger partial charge >= 0.3 is 0 Å². The number of anilines is 1. The van der Waals surface area contributed by atoms with Crippen LogP contribution < -0.4 is 4.90 Å². The zero-order valence-electron chi connectivity index (χ0n) is 12.8. The molecule has 1 fully saturated rings. The summed E-state index contributed by atoms with van der Waals surface area (Å²) in [5.41, 5.74) is 1.37. The molecule has 1 aromatic carbocycles. The topological polar surface area (TPSA) is 66.6 Å². The smallest absolute Gasteiger partial charge is 0.292 e. The van der Waals surface area contributed by atoms with Crippen LogP contribution in [0.4, 0.5) is 11.4 Å². The van der Waals surface area contributed by atoms with Crippen molar-refractivity contribution in [2.45, 2.75) is 45.6 Å². The lowest BCUT2D eigenvalue weighted by Crippen LogP contribution is -2.34. The maximum absolute atomic E-state index is 11.3. The predicted molar refractivity (Wildman–Crippen MR) is 83.6 cm³/mol. The second-order valence-corrected chi connectivity index (χ2v) is 5.90. The maximum atomic E-state index is 11.3. The van der Waals surface area contributed by atoms with Crippen molar-refractivity contribution in [3.63, 3.8) is 0 Å². The van der Waals surface area contributed by atoms with E-state index in [2.05, 4.69) is 11.8 Å². The first-order chi connectivity index (χ1) is 10.0. The van der Waals surface area contributed by atoms with Gasteiger partial charge in [-0.2, -0.15) is 0 Å². The Bertz CT molecular complexity index is 494. The highest BCUT2D eigenvalue weighted by atomic mass is 16.6. The van der Waals surface area contributed by atoms with Crippen LogP contribution in [-0.4, -0.2) is 23.1 Å². The van der Waals surface area contributed by atoms with Crippen molar-refractivity contribution in [3.05, 3.63) is 33.9 Å². The van der Waals surface area contributed by atoms with Gasteiger partial charge in [-0.25, -0.2) is 0 Å². The number of aliphatic hydroxyl groups excluding tert-OH is 1. The molecule has 116 valence electrons. The monoisotopic (exact) mass is 292 g/mol. The second kappa shape index (κ2) is 6.89. The second-order valence-electron chi connectivity index (χ2n) is 5.90. The third-order valence-corrected chi connectivity index (χ3v) is 4.33. The molecule has 1 atom stereocenters. The van der Waals surface area contributed by atoms with Crippen LogP contribution in [0, 0.1) is 16.0 Å². The molecule has 1 aromatic rings. The average Bonchev–Trinajstić information content (AvgIpc) is 2.47. The Morgan fingerprint density at radius 1 is 1.43 bits per heavy atom. The molecular formula is C16H24N2O3. The zero-order valence-corrected chi connectivity index (χ0v) is 12.8. The van der Waals surface area contributed by atoms with Crippen LogP contribution in [0.5, 0.6) is 0 Å². The molecule has 5 nitrogen and oxygen atoms in total. The Labute approximate surface area is 125 Å². The number of benzene rings is 1. The van der Waals surface area contributed by atoms with Crippen LogP contribution >= 0.6 is 0 Å². The molecule has 1 aliphatic rings. The SMILES string of the molecule is CCCC1CCN(c2ccc(C(C)O)cc2[N+](=O)[O-])CC1. The van der Waals surface area contributed by atoms with Gasteiger partial charge in [-0.15, -0.1) is 0 Å². The third kappa shape index (κ3) is 3.73. The fourth-order valence-electron chi connectivity index (χ4n) is 3.08. The summed E-state index contributed by atoms with van der Waals surface area (Å²) in [6.45, 7) is 5.57. The van der Waals surface area contributed by atoms with Crippen LogP contribution in [0.2, 0.25) is 0 Å². The number of nitrogens with zero attached hydrogens (tertiary/aromatic N) is 2. The van der Waals surface area contributed by atoms with Gasteiger partial charge in [0, 0.05) is 19.2 Å². The number of hydrogen-bond donors (Lipinski definition) is 1. The van der Waals surface area contributed by atoms with E-state index in [0.717, 1.165) is 31.8 Å². The Hall–Kier alpha value is -1.62. The summed E-state index contributed by atoms with van der Waals surface area (Å²) in [4.78, 5) is 13.1. The van der Waals surface area contributed by atoms with Crippen LogP contribution in [0.25, 0.3) is 0 Å². The number of hydrogen-bond acceptors (Lipinski definition) is 4. The standard InChI is InChI=1S/C16H24N2O3/c1-3-4-13-7-9-17(10-8-13)15-6-5-14(12(2)19)11-16(15)18(20)21/h5-6,11-13,19H,3-4,7-10H2,1-2H3. The Kier molecular flexibility index (Phi) is 5.17. The predicted octanol–water partition coefficient (Wildman–Crippen LogP) is 3.66. The highest BCUT2D eigenvalue weighted by Crippen LogP contribution is 2.34. The van der Waals surface area contributed by atoms with Gasteiger partial charge in [0.2, 0.25) is 0 Å². The van der Waals surface area contributed by atoms with Gasteiger partial charge in [0.1, 0.15) is 5.69 Å². The number of rotatable bonds is 5. The van der Waals surface area contributed by atoms with E-state index in [9.17, 15) is 15.2 Å². The normalized spacial score (nSPS) is 17.8. The summed E-state index contributed by atoms with van der Waals surface area (Å²) < 4.78 is 0. The van der Waals surface area contributed by atoms with E-state index in [0.29, 0.717) is 11.3 Å². The van der Waals surface area contributed by atoms with E-state index in [1.54, 1.807) is 19.1 Å². The Morgan fingerprint density at radius 2 is 2.10 bits per heavy atom. The van der Waals surface area contributed by atoms with Gasteiger partial charge < -0.3 is 10.0 Å². The number of piperidine rings is 1. The molecule has 0 bridgehead atoms. The molecule has 1 aliphatic heterocycles. The van der Waals surface area contributed by atoms with Crippen LogP contribution in [0.3, 0.4) is 0 Å². The van der Waals surface area contributed by atoms with E-state index in [1.807, 2.05) is 0 Å². The van der Waals surface area contributed by atoms with Gasteiger partial charge in [-0.05, 0) is 37.3 Å². The number of nitro groups is 1. The molecule has 21 heavy (non-hydrogen) atoms. The molecule has 1 unspecified atom stereocenters. The lowest BCUT2D eigenvalue weighted by atomic mass is 9.92. The quantitative estimate of drug-likeness (QED) is 0.664. The highest BCUT2D eigenvalue weighted by Gasteiger charge is 2.25. The van der Waals surface area contributed by atoms with Crippen molar-refractivity contribution in [2.75, 3.05) is 18.0 Å². The first kappa shape index (κ1) is 15.8.